The number of hydrogen-bond donors (Lipinski definition) is 2. The molecule has 0 atom stereocenters. The van der Waals surface area contributed by atoms with Crippen LogP contribution in [0, 0.1) is 0 Å². The molecule has 1 amide bonds. The van der Waals surface area contributed by atoms with E-state index in [0.29, 0.717) is 33.9 Å². The van der Waals surface area contributed by atoms with Crippen LogP contribution in [0.1, 0.15) is 31.8 Å². The Morgan fingerprint density at radius 2 is 1.71 bits per heavy atom. The summed E-state index contributed by atoms with van der Waals surface area (Å²) >= 11 is 3.47. The molecule has 0 saturated carbocycles. The SMILES string of the molecule is C=CCOc1ccc(C(=O)N/N=C/c2ccc(OCc3ccc(C(=O)O)cc3)c(Br)c2)cc1OC. The largest absolute Gasteiger partial charge is 0.493 e. The highest BCUT2D eigenvalue weighted by Crippen LogP contribution is 2.28. The number of methoxy groups -OCH3 is 1. The predicted molar refractivity (Wildman–Crippen MR) is 136 cm³/mol. The van der Waals surface area contributed by atoms with Crippen molar-refractivity contribution in [3.63, 3.8) is 0 Å². The third-order valence-corrected chi connectivity index (χ3v) is 5.33. The maximum atomic E-state index is 12.4. The van der Waals surface area contributed by atoms with E-state index in [-0.39, 0.29) is 12.2 Å². The standard InChI is InChI=1S/C26H23BrN2O6/c1-3-12-34-23-11-9-20(14-24(23)33-2)25(30)29-28-15-18-6-10-22(21(27)13-18)35-16-17-4-7-19(8-5-17)26(31)32/h3-11,13-15H,1,12,16H2,2H3,(H,29,30)(H,31,32)/b28-15+. The lowest BCUT2D eigenvalue weighted by Crippen LogP contribution is -2.17. The molecule has 0 saturated heterocycles. The van der Waals surface area contributed by atoms with Gasteiger partial charge in [-0.3, -0.25) is 4.79 Å². The number of rotatable bonds is 11. The van der Waals surface area contributed by atoms with Gasteiger partial charge < -0.3 is 19.3 Å². The number of carboxylic acids is 1. The highest BCUT2D eigenvalue weighted by atomic mass is 79.9. The van der Waals surface area contributed by atoms with Gasteiger partial charge in [0.25, 0.3) is 5.91 Å². The summed E-state index contributed by atoms with van der Waals surface area (Å²) in [6, 6.07) is 16.7. The Morgan fingerprint density at radius 3 is 2.37 bits per heavy atom. The molecule has 180 valence electrons. The number of carbonyl (C=O) groups excluding carboxylic acids is 1. The second-order valence-corrected chi connectivity index (χ2v) is 8.00. The smallest absolute Gasteiger partial charge is 0.335 e. The van der Waals surface area contributed by atoms with Crippen LogP contribution >= 0.6 is 15.9 Å². The average Bonchev–Trinajstić information content (AvgIpc) is 2.87. The Kier molecular flexibility index (Phi) is 9.02. The first-order valence-corrected chi connectivity index (χ1v) is 11.2. The molecule has 3 aromatic carbocycles. The fraction of sp³-hybridized carbons (Fsp3) is 0.115. The monoisotopic (exact) mass is 538 g/mol. The Balaban J connectivity index is 1.57. The molecule has 9 heteroatoms. The van der Waals surface area contributed by atoms with Gasteiger partial charge in [0.05, 0.1) is 23.4 Å². The van der Waals surface area contributed by atoms with E-state index in [4.69, 9.17) is 19.3 Å². The Bertz CT molecular complexity index is 1240. The number of aromatic carboxylic acids is 1. The molecular weight excluding hydrogens is 516 g/mol. The first kappa shape index (κ1) is 25.5. The third kappa shape index (κ3) is 7.18. The van der Waals surface area contributed by atoms with Crippen molar-refractivity contribution in [3.05, 3.63) is 100 Å². The van der Waals surface area contributed by atoms with Gasteiger partial charge >= 0.3 is 5.97 Å². The number of amides is 1. The lowest BCUT2D eigenvalue weighted by atomic mass is 10.1. The third-order valence-electron chi connectivity index (χ3n) is 4.71. The first-order chi connectivity index (χ1) is 16.9. The van der Waals surface area contributed by atoms with E-state index < -0.39 is 11.9 Å². The van der Waals surface area contributed by atoms with E-state index in [0.717, 1.165) is 11.1 Å². The van der Waals surface area contributed by atoms with Crippen molar-refractivity contribution in [2.24, 2.45) is 5.10 Å². The Hall–Kier alpha value is -4.11. The van der Waals surface area contributed by atoms with Gasteiger partial charge in [0, 0.05) is 5.56 Å². The van der Waals surface area contributed by atoms with Gasteiger partial charge in [-0.15, -0.1) is 0 Å². The minimum Gasteiger partial charge on any atom is -0.493 e. The lowest BCUT2D eigenvalue weighted by molar-refractivity contribution is 0.0696. The van der Waals surface area contributed by atoms with Gasteiger partial charge in [0.2, 0.25) is 0 Å². The van der Waals surface area contributed by atoms with Gasteiger partial charge in [0.15, 0.2) is 11.5 Å². The van der Waals surface area contributed by atoms with Crippen molar-refractivity contribution in [1.29, 1.82) is 0 Å². The van der Waals surface area contributed by atoms with Crippen molar-refractivity contribution >= 4 is 34.0 Å². The Labute approximate surface area is 211 Å². The molecule has 2 N–H and O–H groups in total. The van der Waals surface area contributed by atoms with Crippen molar-refractivity contribution in [2.75, 3.05) is 13.7 Å². The van der Waals surface area contributed by atoms with Crippen LogP contribution in [0.4, 0.5) is 0 Å². The molecule has 0 bridgehead atoms. The lowest BCUT2D eigenvalue weighted by Gasteiger charge is -2.10. The van der Waals surface area contributed by atoms with Crippen LogP contribution in [-0.2, 0) is 6.61 Å². The van der Waals surface area contributed by atoms with E-state index in [9.17, 15) is 9.59 Å². The highest BCUT2D eigenvalue weighted by Gasteiger charge is 2.11. The second kappa shape index (κ2) is 12.4. The summed E-state index contributed by atoms with van der Waals surface area (Å²) in [5.41, 5.74) is 4.65. The summed E-state index contributed by atoms with van der Waals surface area (Å²) in [7, 11) is 1.50. The summed E-state index contributed by atoms with van der Waals surface area (Å²) in [5.74, 6) is 0.181. The number of ether oxygens (including phenoxy) is 3. The fourth-order valence-electron chi connectivity index (χ4n) is 2.93. The van der Waals surface area contributed by atoms with Gasteiger partial charge in [-0.25, -0.2) is 10.2 Å². The molecule has 8 nitrogen and oxygen atoms in total. The van der Waals surface area contributed by atoms with Gasteiger partial charge in [-0.05, 0) is 75.6 Å². The van der Waals surface area contributed by atoms with E-state index in [2.05, 4.69) is 33.0 Å². The topological polar surface area (TPSA) is 106 Å². The number of hydrazone groups is 1. The zero-order chi connectivity index (χ0) is 25.2. The van der Waals surface area contributed by atoms with Crippen LogP contribution in [-0.4, -0.2) is 36.9 Å². The maximum Gasteiger partial charge on any atom is 0.335 e. The number of nitrogens with zero attached hydrogens (tertiary/aromatic N) is 1. The van der Waals surface area contributed by atoms with Crippen molar-refractivity contribution in [1.82, 2.24) is 5.43 Å². The molecule has 35 heavy (non-hydrogen) atoms. The molecule has 0 fully saturated rings. The van der Waals surface area contributed by atoms with Crippen LogP contribution in [0.3, 0.4) is 0 Å². The number of carbonyl (C=O) groups is 2. The van der Waals surface area contributed by atoms with Gasteiger partial charge in [-0.2, -0.15) is 5.10 Å². The van der Waals surface area contributed by atoms with E-state index in [1.54, 1.807) is 54.6 Å². The fourth-order valence-corrected chi connectivity index (χ4v) is 3.44. The number of benzene rings is 3. The molecule has 0 aliphatic rings. The molecule has 3 rings (SSSR count). The van der Waals surface area contributed by atoms with Crippen LogP contribution in [0.15, 0.2) is 82.9 Å². The summed E-state index contributed by atoms with van der Waals surface area (Å²) < 4.78 is 17.3. The normalized spacial score (nSPS) is 10.6. The van der Waals surface area contributed by atoms with Crippen molar-refractivity contribution in [2.45, 2.75) is 6.61 Å². The minimum absolute atomic E-state index is 0.222. The minimum atomic E-state index is -0.972. The Morgan fingerprint density at radius 1 is 1.00 bits per heavy atom. The molecule has 0 radical (unpaired) electrons. The number of halogens is 1. The summed E-state index contributed by atoms with van der Waals surface area (Å²) in [6.07, 6.45) is 3.13. The molecule has 0 unspecified atom stereocenters. The van der Waals surface area contributed by atoms with Crippen LogP contribution in [0.25, 0.3) is 0 Å². The first-order valence-electron chi connectivity index (χ1n) is 10.4. The van der Waals surface area contributed by atoms with Gasteiger partial charge in [0.1, 0.15) is 19.0 Å². The molecule has 0 aromatic heterocycles. The average molecular weight is 539 g/mol. The predicted octanol–water partition coefficient (Wildman–Crippen LogP) is 5.06. The zero-order valence-electron chi connectivity index (χ0n) is 18.9. The van der Waals surface area contributed by atoms with Crippen molar-refractivity contribution < 1.29 is 28.9 Å². The molecule has 0 heterocycles. The zero-order valence-corrected chi connectivity index (χ0v) is 20.4. The maximum absolute atomic E-state index is 12.4. The number of nitrogens with one attached hydrogen (secondary N) is 1. The van der Waals surface area contributed by atoms with E-state index >= 15 is 0 Å². The van der Waals surface area contributed by atoms with Crippen LogP contribution in [0.5, 0.6) is 17.2 Å². The van der Waals surface area contributed by atoms with Crippen LogP contribution < -0.4 is 19.6 Å². The number of carboxylic acid groups (broad SMARTS) is 1. The molecule has 3 aromatic rings. The van der Waals surface area contributed by atoms with Gasteiger partial charge in [-0.1, -0.05) is 24.8 Å². The second-order valence-electron chi connectivity index (χ2n) is 7.15. The molecule has 0 spiro atoms. The van der Waals surface area contributed by atoms with Crippen LogP contribution in [0.2, 0.25) is 0 Å². The van der Waals surface area contributed by atoms with Crippen molar-refractivity contribution in [3.8, 4) is 17.2 Å². The number of hydrogen-bond acceptors (Lipinski definition) is 6. The quantitative estimate of drug-likeness (QED) is 0.200. The summed E-state index contributed by atoms with van der Waals surface area (Å²) in [5, 5.41) is 13.0. The highest BCUT2D eigenvalue weighted by molar-refractivity contribution is 9.10. The van der Waals surface area contributed by atoms with E-state index in [1.807, 2.05) is 0 Å². The summed E-state index contributed by atoms with van der Waals surface area (Å²) in [4.78, 5) is 23.4. The molecular formula is C26H23BrN2O6. The van der Waals surface area contributed by atoms with E-state index in [1.165, 1.54) is 25.5 Å². The summed E-state index contributed by atoms with van der Waals surface area (Å²) in [6.45, 7) is 4.21. The molecule has 0 aliphatic heterocycles. The molecule has 0 aliphatic carbocycles.